The molecule has 1 aromatic rings. The molecule has 1 aliphatic rings. The van der Waals surface area contributed by atoms with Gasteiger partial charge in [-0.05, 0) is 25.0 Å². The predicted octanol–water partition coefficient (Wildman–Crippen LogP) is 2.95. The van der Waals surface area contributed by atoms with Gasteiger partial charge in [0, 0.05) is 37.8 Å². The van der Waals surface area contributed by atoms with Gasteiger partial charge in [-0.1, -0.05) is 19.3 Å². The molecule has 0 unspecified atom stereocenters. The molecule has 1 saturated carbocycles. The Bertz CT molecular complexity index is 589. The van der Waals surface area contributed by atoms with Crippen LogP contribution in [-0.4, -0.2) is 31.1 Å². The van der Waals surface area contributed by atoms with E-state index in [1.54, 1.807) is 0 Å². The molecular formula is C17H23F2N3O2. The molecule has 0 aromatic heterocycles. The predicted molar refractivity (Wildman–Crippen MR) is 87.8 cm³/mol. The van der Waals surface area contributed by atoms with Gasteiger partial charge in [0.05, 0.1) is 0 Å². The number of urea groups is 1. The number of carbonyl (C=O) groups is 2. The van der Waals surface area contributed by atoms with Crippen molar-refractivity contribution in [1.82, 2.24) is 10.6 Å². The largest absolute Gasteiger partial charge is 0.336 e. The molecule has 2 rings (SSSR count). The zero-order chi connectivity index (χ0) is 17.5. The van der Waals surface area contributed by atoms with Crippen molar-refractivity contribution < 1.29 is 18.4 Å². The molecule has 1 aromatic carbocycles. The second-order valence-corrected chi connectivity index (χ2v) is 6.00. The number of hydrogen-bond donors (Lipinski definition) is 2. The average molecular weight is 339 g/mol. The number of halogens is 2. The van der Waals surface area contributed by atoms with Gasteiger partial charge in [0.1, 0.15) is 0 Å². The van der Waals surface area contributed by atoms with Crippen LogP contribution in [-0.2, 0) is 4.79 Å². The smallest absolute Gasteiger partial charge is 0.315 e. The summed E-state index contributed by atoms with van der Waals surface area (Å²) in [6, 6.07) is 3.22. The minimum Gasteiger partial charge on any atom is -0.336 e. The molecule has 24 heavy (non-hydrogen) atoms. The standard InChI is InChI=1S/C17H23F2N3O2/c1-12(23)22(14-7-8-15(18)16(19)11-14)10-9-20-17(24)21-13-5-3-2-4-6-13/h7-8,11,13H,2-6,9-10H2,1H3,(H2,20,21,24). The Hall–Kier alpha value is -2.18. The van der Waals surface area contributed by atoms with Gasteiger partial charge >= 0.3 is 6.03 Å². The highest BCUT2D eigenvalue weighted by Crippen LogP contribution is 2.18. The number of nitrogens with one attached hydrogen (secondary N) is 2. The number of anilines is 1. The number of benzene rings is 1. The molecule has 0 spiro atoms. The molecule has 0 radical (unpaired) electrons. The maximum absolute atomic E-state index is 13.3. The van der Waals surface area contributed by atoms with E-state index in [-0.39, 0.29) is 36.8 Å². The van der Waals surface area contributed by atoms with Gasteiger partial charge in [-0.15, -0.1) is 0 Å². The first kappa shape index (κ1) is 18.2. The van der Waals surface area contributed by atoms with E-state index in [2.05, 4.69) is 10.6 Å². The second-order valence-electron chi connectivity index (χ2n) is 6.00. The van der Waals surface area contributed by atoms with Gasteiger partial charge in [0.25, 0.3) is 0 Å². The molecule has 1 aliphatic carbocycles. The average Bonchev–Trinajstić information content (AvgIpc) is 2.55. The highest BCUT2D eigenvalue weighted by molar-refractivity contribution is 5.91. The molecule has 132 valence electrons. The minimum absolute atomic E-state index is 0.179. The van der Waals surface area contributed by atoms with Gasteiger partial charge in [0.2, 0.25) is 5.91 Å². The van der Waals surface area contributed by atoms with Crippen LogP contribution in [0.25, 0.3) is 0 Å². The van der Waals surface area contributed by atoms with Gasteiger partial charge in [-0.3, -0.25) is 4.79 Å². The highest BCUT2D eigenvalue weighted by Gasteiger charge is 2.17. The number of nitrogens with zero attached hydrogens (tertiary/aromatic N) is 1. The first-order chi connectivity index (χ1) is 11.5. The van der Waals surface area contributed by atoms with E-state index in [4.69, 9.17) is 0 Å². The molecule has 0 bridgehead atoms. The highest BCUT2D eigenvalue weighted by atomic mass is 19.2. The Kier molecular flexibility index (Phi) is 6.52. The van der Waals surface area contributed by atoms with Gasteiger partial charge in [0.15, 0.2) is 11.6 Å². The fraction of sp³-hybridized carbons (Fsp3) is 0.529. The SMILES string of the molecule is CC(=O)N(CCNC(=O)NC1CCCCC1)c1ccc(F)c(F)c1. The normalized spacial score (nSPS) is 15.0. The first-order valence-electron chi connectivity index (χ1n) is 8.25. The summed E-state index contributed by atoms with van der Waals surface area (Å²) >= 11 is 0. The Balaban J connectivity index is 1.84. The number of hydrogen-bond acceptors (Lipinski definition) is 2. The van der Waals surface area contributed by atoms with Crippen molar-refractivity contribution in [1.29, 1.82) is 0 Å². The van der Waals surface area contributed by atoms with Gasteiger partial charge in [-0.2, -0.15) is 0 Å². The molecule has 1 fully saturated rings. The van der Waals surface area contributed by atoms with Crippen LogP contribution < -0.4 is 15.5 Å². The summed E-state index contributed by atoms with van der Waals surface area (Å²) in [7, 11) is 0. The van der Waals surface area contributed by atoms with E-state index in [1.165, 1.54) is 24.3 Å². The zero-order valence-corrected chi connectivity index (χ0v) is 13.8. The Morgan fingerprint density at radius 2 is 1.88 bits per heavy atom. The monoisotopic (exact) mass is 339 g/mol. The van der Waals surface area contributed by atoms with E-state index in [9.17, 15) is 18.4 Å². The molecular weight excluding hydrogens is 316 g/mol. The van der Waals surface area contributed by atoms with Crippen LogP contribution in [0.15, 0.2) is 18.2 Å². The summed E-state index contributed by atoms with van der Waals surface area (Å²) in [6.07, 6.45) is 5.43. The lowest BCUT2D eigenvalue weighted by molar-refractivity contribution is -0.116. The van der Waals surface area contributed by atoms with E-state index < -0.39 is 11.6 Å². The lowest BCUT2D eigenvalue weighted by Crippen LogP contribution is -2.45. The summed E-state index contributed by atoms with van der Waals surface area (Å²) in [5.74, 6) is -2.29. The van der Waals surface area contributed by atoms with Crippen molar-refractivity contribution in [3.63, 3.8) is 0 Å². The summed E-state index contributed by atoms with van der Waals surface area (Å²) in [5.41, 5.74) is 0.260. The van der Waals surface area contributed by atoms with E-state index in [0.29, 0.717) is 0 Å². The van der Waals surface area contributed by atoms with Crippen LogP contribution in [0.5, 0.6) is 0 Å². The Morgan fingerprint density at radius 1 is 1.17 bits per heavy atom. The van der Waals surface area contributed by atoms with Crippen molar-refractivity contribution in [2.24, 2.45) is 0 Å². The van der Waals surface area contributed by atoms with Crippen LogP contribution >= 0.6 is 0 Å². The van der Waals surface area contributed by atoms with E-state index in [1.807, 2.05) is 0 Å². The van der Waals surface area contributed by atoms with Gasteiger partial charge < -0.3 is 15.5 Å². The topological polar surface area (TPSA) is 61.4 Å². The molecule has 3 amide bonds. The van der Waals surface area contributed by atoms with Crippen LogP contribution in [0.2, 0.25) is 0 Å². The molecule has 2 N–H and O–H groups in total. The first-order valence-corrected chi connectivity index (χ1v) is 8.25. The Morgan fingerprint density at radius 3 is 2.50 bits per heavy atom. The summed E-state index contributed by atoms with van der Waals surface area (Å²) < 4.78 is 26.3. The molecule has 0 saturated heterocycles. The van der Waals surface area contributed by atoms with Crippen molar-refractivity contribution >= 4 is 17.6 Å². The summed E-state index contributed by atoms with van der Waals surface area (Å²) in [5, 5.41) is 5.61. The molecule has 0 heterocycles. The van der Waals surface area contributed by atoms with Crippen molar-refractivity contribution in [2.75, 3.05) is 18.0 Å². The van der Waals surface area contributed by atoms with E-state index >= 15 is 0 Å². The summed E-state index contributed by atoms with van der Waals surface area (Å²) in [6.45, 7) is 1.74. The maximum Gasteiger partial charge on any atom is 0.315 e. The van der Waals surface area contributed by atoms with E-state index in [0.717, 1.165) is 37.8 Å². The number of carbonyl (C=O) groups excluding carboxylic acids is 2. The third-order valence-electron chi connectivity index (χ3n) is 4.16. The minimum atomic E-state index is -1.01. The Labute approximate surface area is 140 Å². The van der Waals surface area contributed by atoms with Crippen molar-refractivity contribution in [2.45, 2.75) is 45.1 Å². The molecule has 5 nitrogen and oxygen atoms in total. The quantitative estimate of drug-likeness (QED) is 0.866. The van der Waals surface area contributed by atoms with Crippen LogP contribution in [0.1, 0.15) is 39.0 Å². The fourth-order valence-electron chi connectivity index (χ4n) is 2.89. The zero-order valence-electron chi connectivity index (χ0n) is 13.8. The third kappa shape index (κ3) is 5.18. The van der Waals surface area contributed by atoms with Crippen LogP contribution in [0.3, 0.4) is 0 Å². The second kappa shape index (κ2) is 8.61. The maximum atomic E-state index is 13.3. The summed E-state index contributed by atoms with van der Waals surface area (Å²) in [4.78, 5) is 24.9. The molecule has 0 aliphatic heterocycles. The van der Waals surface area contributed by atoms with Crippen molar-refractivity contribution in [3.05, 3.63) is 29.8 Å². The molecule has 0 atom stereocenters. The molecule has 7 heteroatoms. The lowest BCUT2D eigenvalue weighted by atomic mass is 9.96. The van der Waals surface area contributed by atoms with Crippen LogP contribution in [0, 0.1) is 11.6 Å². The van der Waals surface area contributed by atoms with Gasteiger partial charge in [-0.25, -0.2) is 13.6 Å². The lowest BCUT2D eigenvalue weighted by Gasteiger charge is -2.24. The third-order valence-corrected chi connectivity index (χ3v) is 4.16. The van der Waals surface area contributed by atoms with Crippen LogP contribution in [0.4, 0.5) is 19.3 Å². The number of rotatable bonds is 5. The van der Waals surface area contributed by atoms with Crippen molar-refractivity contribution in [3.8, 4) is 0 Å². The number of amides is 3. The fourth-order valence-corrected chi connectivity index (χ4v) is 2.89.